The molecule has 0 spiro atoms. The molecule has 1 unspecified atom stereocenters. The number of carbonyl (C=O) groups excluding carboxylic acids is 1. The minimum atomic E-state index is -4.40. The summed E-state index contributed by atoms with van der Waals surface area (Å²) in [5, 5.41) is 21.5. The fraction of sp³-hybridized carbons (Fsp3) is 0.333. The highest BCUT2D eigenvalue weighted by Gasteiger charge is 2.43. The van der Waals surface area contributed by atoms with E-state index in [2.05, 4.69) is 30.7 Å². The van der Waals surface area contributed by atoms with Crippen LogP contribution in [0, 0.1) is 0 Å². The van der Waals surface area contributed by atoms with Crippen LogP contribution in [-0.2, 0) is 24.8 Å². The Hall–Kier alpha value is -3.06. The maximum Gasteiger partial charge on any atom is 0.240 e. The van der Waals surface area contributed by atoms with E-state index in [9.17, 15) is 21.6 Å². The molecule has 1 amide bonds. The van der Waals surface area contributed by atoms with Crippen molar-refractivity contribution < 1.29 is 21.6 Å². The van der Waals surface area contributed by atoms with Gasteiger partial charge in [-0.05, 0) is 34.6 Å². The summed E-state index contributed by atoms with van der Waals surface area (Å²) in [5.74, 6) is -0.750. The molecule has 190 valence electrons. The van der Waals surface area contributed by atoms with Crippen LogP contribution in [0.15, 0.2) is 41.3 Å². The van der Waals surface area contributed by atoms with E-state index in [0.717, 1.165) is 0 Å². The van der Waals surface area contributed by atoms with Crippen molar-refractivity contribution in [1.82, 2.24) is 30.7 Å². The standard InChI is InChI=1S/C18H26N10O5S2/c19-6-7-23-34(30,31)12-3-4-13(14(8-12)16-25-27-28-26-16)11-2-1-5-18(9-11,35(22,32)33)24-17(29)15(21)10-20/h1-5,8,15,23H,6-7,9-10,19-21H2,(H,24,29)(H2,22,32,33)(H,25,26,27,28)/t15-,18?/m0/s1. The molecule has 0 aliphatic heterocycles. The molecule has 11 N–H and O–H groups in total. The van der Waals surface area contributed by atoms with Gasteiger partial charge in [0.2, 0.25) is 31.8 Å². The van der Waals surface area contributed by atoms with Crippen molar-refractivity contribution in [3.05, 3.63) is 42.0 Å². The van der Waals surface area contributed by atoms with Crippen LogP contribution in [0.3, 0.4) is 0 Å². The molecule has 0 radical (unpaired) electrons. The number of nitrogens with zero attached hydrogens (tertiary/aromatic N) is 3. The maximum absolute atomic E-state index is 12.6. The zero-order chi connectivity index (χ0) is 25.9. The summed E-state index contributed by atoms with van der Waals surface area (Å²) in [6.45, 7) is -0.0858. The molecular weight excluding hydrogens is 500 g/mol. The first kappa shape index (κ1) is 26.5. The van der Waals surface area contributed by atoms with Gasteiger partial charge in [-0.3, -0.25) is 4.79 Å². The monoisotopic (exact) mass is 526 g/mol. The number of rotatable bonds is 10. The number of hydrogen-bond acceptors (Lipinski definition) is 11. The maximum atomic E-state index is 12.6. The Kier molecular flexibility index (Phi) is 7.80. The van der Waals surface area contributed by atoms with E-state index in [1.807, 2.05) is 0 Å². The molecule has 2 atom stereocenters. The first-order chi connectivity index (χ1) is 16.4. The quantitative estimate of drug-likeness (QED) is 0.162. The molecule has 15 nitrogen and oxygen atoms in total. The number of sulfonamides is 2. The SMILES string of the molecule is NCCNS(=O)(=O)c1ccc(C2=CC=CC(NC(=O)[C@@H](N)CN)(S(N)(=O)=O)C2)c(-c2nn[nH]n2)c1. The largest absolute Gasteiger partial charge is 0.331 e. The molecule has 1 aliphatic carbocycles. The van der Waals surface area contributed by atoms with Gasteiger partial charge < -0.3 is 22.5 Å². The number of H-pyrrole nitrogens is 1. The number of aromatic nitrogens is 4. The van der Waals surface area contributed by atoms with Gasteiger partial charge in [0.25, 0.3) is 0 Å². The van der Waals surface area contributed by atoms with E-state index >= 15 is 0 Å². The molecule has 0 saturated carbocycles. The fourth-order valence-electron chi connectivity index (χ4n) is 3.37. The second-order valence-corrected chi connectivity index (χ2v) is 11.2. The van der Waals surface area contributed by atoms with Crippen LogP contribution in [-0.4, -0.2) is 73.9 Å². The average molecular weight is 527 g/mol. The normalized spacial score (nSPS) is 19.3. The highest BCUT2D eigenvalue weighted by Crippen LogP contribution is 2.37. The van der Waals surface area contributed by atoms with Crippen molar-refractivity contribution in [2.75, 3.05) is 19.6 Å². The van der Waals surface area contributed by atoms with Crippen molar-refractivity contribution in [2.45, 2.75) is 22.2 Å². The minimum absolute atomic E-state index is 0.0269. The van der Waals surface area contributed by atoms with Crippen molar-refractivity contribution >= 4 is 31.5 Å². The van der Waals surface area contributed by atoms with Gasteiger partial charge in [-0.2, -0.15) is 5.21 Å². The number of benzene rings is 1. The highest BCUT2D eigenvalue weighted by atomic mass is 32.2. The molecule has 0 fully saturated rings. The van der Waals surface area contributed by atoms with E-state index in [0.29, 0.717) is 11.1 Å². The Bertz CT molecular complexity index is 1360. The predicted molar refractivity (Wildman–Crippen MR) is 127 cm³/mol. The molecule has 0 saturated heterocycles. The molecule has 17 heteroatoms. The van der Waals surface area contributed by atoms with Crippen molar-refractivity contribution in [1.29, 1.82) is 0 Å². The Morgan fingerprint density at radius 3 is 2.54 bits per heavy atom. The molecule has 1 aliphatic rings. The zero-order valence-electron chi connectivity index (χ0n) is 18.4. The van der Waals surface area contributed by atoms with Crippen LogP contribution in [0.25, 0.3) is 17.0 Å². The van der Waals surface area contributed by atoms with Crippen LogP contribution >= 0.6 is 0 Å². The van der Waals surface area contributed by atoms with Gasteiger partial charge in [-0.25, -0.2) is 26.7 Å². The lowest BCUT2D eigenvalue weighted by Crippen LogP contribution is -2.60. The number of primary sulfonamides is 1. The molecule has 1 aromatic carbocycles. The second-order valence-electron chi connectivity index (χ2n) is 7.62. The van der Waals surface area contributed by atoms with E-state index < -0.39 is 36.9 Å². The van der Waals surface area contributed by atoms with Gasteiger partial charge in [0.1, 0.15) is 0 Å². The predicted octanol–water partition coefficient (Wildman–Crippen LogP) is -3.17. The van der Waals surface area contributed by atoms with Crippen LogP contribution in [0.1, 0.15) is 12.0 Å². The smallest absolute Gasteiger partial charge is 0.240 e. The lowest BCUT2D eigenvalue weighted by atomic mass is 9.90. The minimum Gasteiger partial charge on any atom is -0.331 e. The van der Waals surface area contributed by atoms with Gasteiger partial charge in [0, 0.05) is 31.6 Å². The zero-order valence-corrected chi connectivity index (χ0v) is 20.0. The number of tetrazole rings is 1. The second kappa shape index (κ2) is 10.3. The summed E-state index contributed by atoms with van der Waals surface area (Å²) >= 11 is 0. The van der Waals surface area contributed by atoms with Gasteiger partial charge >= 0.3 is 0 Å². The summed E-state index contributed by atoms with van der Waals surface area (Å²) < 4.78 is 52.8. The molecule has 35 heavy (non-hydrogen) atoms. The number of nitrogens with one attached hydrogen (secondary N) is 3. The Morgan fingerprint density at radius 1 is 1.20 bits per heavy atom. The number of hydrogen-bond donors (Lipinski definition) is 7. The van der Waals surface area contributed by atoms with Crippen LogP contribution in [0.2, 0.25) is 0 Å². The molecule has 0 bridgehead atoms. The first-order valence-corrected chi connectivity index (χ1v) is 13.2. The topological polar surface area (TPSA) is 268 Å². The van der Waals surface area contributed by atoms with Crippen molar-refractivity contribution in [3.8, 4) is 11.4 Å². The van der Waals surface area contributed by atoms with E-state index in [4.69, 9.17) is 22.3 Å². The number of aromatic amines is 1. The fourth-order valence-corrected chi connectivity index (χ4v) is 5.32. The molecular formula is C18H26N10O5S2. The number of allylic oxidation sites excluding steroid dienone is 2. The summed E-state index contributed by atoms with van der Waals surface area (Å²) in [7, 11) is -8.30. The van der Waals surface area contributed by atoms with E-state index in [1.54, 1.807) is 6.08 Å². The molecule has 1 heterocycles. The van der Waals surface area contributed by atoms with Crippen LogP contribution < -0.4 is 32.4 Å². The Balaban J connectivity index is 2.09. The van der Waals surface area contributed by atoms with Gasteiger partial charge in [0.05, 0.1) is 10.9 Å². The third-order valence-corrected chi connectivity index (χ3v) is 8.08. The summed E-state index contributed by atoms with van der Waals surface area (Å²) in [6.07, 6.45) is 3.94. The van der Waals surface area contributed by atoms with Gasteiger partial charge in [0.15, 0.2) is 4.87 Å². The number of nitrogens with two attached hydrogens (primary N) is 4. The molecule has 2 aromatic rings. The average Bonchev–Trinajstić information content (AvgIpc) is 3.36. The van der Waals surface area contributed by atoms with Crippen LogP contribution in [0.4, 0.5) is 0 Å². The van der Waals surface area contributed by atoms with Gasteiger partial charge in [-0.15, -0.1) is 10.2 Å². The van der Waals surface area contributed by atoms with Crippen molar-refractivity contribution in [2.24, 2.45) is 22.3 Å². The summed E-state index contributed by atoms with van der Waals surface area (Å²) in [5.41, 5.74) is 17.5. The number of amides is 1. The third-order valence-electron chi connectivity index (χ3n) is 5.22. The lowest BCUT2D eigenvalue weighted by Gasteiger charge is -2.33. The molecule has 1 aromatic heterocycles. The third kappa shape index (κ3) is 5.61. The van der Waals surface area contributed by atoms with Gasteiger partial charge in [-0.1, -0.05) is 18.2 Å². The summed E-state index contributed by atoms with van der Waals surface area (Å²) in [4.78, 5) is 10.3. The summed E-state index contributed by atoms with van der Waals surface area (Å²) in [6, 6.07) is 2.96. The first-order valence-electron chi connectivity index (χ1n) is 10.2. The molecule has 3 rings (SSSR count). The number of carbonyl (C=O) groups is 1. The van der Waals surface area contributed by atoms with E-state index in [-0.39, 0.29) is 42.3 Å². The van der Waals surface area contributed by atoms with Crippen LogP contribution in [0.5, 0.6) is 0 Å². The highest BCUT2D eigenvalue weighted by molar-refractivity contribution is 7.90. The Labute approximate surface area is 201 Å². The van der Waals surface area contributed by atoms with Crippen molar-refractivity contribution in [3.63, 3.8) is 0 Å². The lowest BCUT2D eigenvalue weighted by molar-refractivity contribution is -0.122. The van der Waals surface area contributed by atoms with E-state index in [1.165, 1.54) is 30.4 Å². The Morgan fingerprint density at radius 2 is 1.94 bits per heavy atom.